The van der Waals surface area contributed by atoms with E-state index in [4.69, 9.17) is 0 Å². The minimum atomic E-state index is -0.884. The van der Waals surface area contributed by atoms with Crippen LogP contribution in [0.4, 0.5) is 17.6 Å². The van der Waals surface area contributed by atoms with Gasteiger partial charge >= 0.3 is 0 Å². The Hall–Kier alpha value is -3.50. The van der Waals surface area contributed by atoms with Crippen molar-refractivity contribution in [1.29, 1.82) is 0 Å². The SMILES string of the molecule is CCCCc1c(F)cc(C#Cc2c(F)cc(C#Cc3ccc(CCC)cc3)cc2F)cc1F. The summed E-state index contributed by atoms with van der Waals surface area (Å²) < 4.78 is 57.3. The number of aryl methyl sites for hydroxylation is 1. The largest absolute Gasteiger partial charge is 0.207 e. The second-order valence-electron chi connectivity index (χ2n) is 7.78. The third-order valence-corrected chi connectivity index (χ3v) is 5.14. The Morgan fingerprint density at radius 1 is 0.576 bits per heavy atom. The van der Waals surface area contributed by atoms with Gasteiger partial charge in [-0.2, -0.15) is 0 Å². The average Bonchev–Trinajstić information content (AvgIpc) is 2.78. The van der Waals surface area contributed by atoms with Crippen molar-refractivity contribution in [1.82, 2.24) is 0 Å². The zero-order chi connectivity index (χ0) is 23.8. The zero-order valence-corrected chi connectivity index (χ0v) is 18.7. The van der Waals surface area contributed by atoms with E-state index in [2.05, 4.69) is 30.6 Å². The van der Waals surface area contributed by atoms with E-state index in [-0.39, 0.29) is 23.1 Å². The Balaban J connectivity index is 1.82. The topological polar surface area (TPSA) is 0 Å². The van der Waals surface area contributed by atoms with Crippen LogP contribution in [0.15, 0.2) is 48.5 Å². The average molecular weight is 449 g/mol. The number of hydrogen-bond acceptors (Lipinski definition) is 0. The van der Waals surface area contributed by atoms with Gasteiger partial charge in [0.25, 0.3) is 0 Å². The molecule has 0 fully saturated rings. The Morgan fingerprint density at radius 3 is 1.64 bits per heavy atom. The number of benzene rings is 3. The lowest BCUT2D eigenvalue weighted by molar-refractivity contribution is 0.548. The molecule has 0 aliphatic rings. The molecule has 0 spiro atoms. The van der Waals surface area contributed by atoms with Crippen molar-refractivity contribution < 1.29 is 17.6 Å². The third kappa shape index (κ3) is 6.50. The van der Waals surface area contributed by atoms with E-state index in [0.717, 1.165) is 49.1 Å². The summed E-state index contributed by atoms with van der Waals surface area (Å²) in [6.07, 6.45) is 3.79. The van der Waals surface area contributed by atoms with Crippen LogP contribution in [0.25, 0.3) is 0 Å². The summed E-state index contributed by atoms with van der Waals surface area (Å²) in [6.45, 7) is 4.03. The van der Waals surface area contributed by atoms with Crippen LogP contribution < -0.4 is 0 Å². The van der Waals surface area contributed by atoms with Crippen LogP contribution in [0.3, 0.4) is 0 Å². The molecule has 33 heavy (non-hydrogen) atoms. The fourth-order valence-electron chi connectivity index (χ4n) is 3.35. The molecule has 0 aliphatic heterocycles. The van der Waals surface area contributed by atoms with Crippen molar-refractivity contribution in [3.8, 4) is 23.7 Å². The molecule has 0 bridgehead atoms. The molecule has 3 rings (SSSR count). The first-order chi connectivity index (χ1) is 15.9. The van der Waals surface area contributed by atoms with Gasteiger partial charge in [-0.1, -0.05) is 62.5 Å². The normalized spacial score (nSPS) is 10.2. The van der Waals surface area contributed by atoms with Crippen molar-refractivity contribution in [2.24, 2.45) is 0 Å². The van der Waals surface area contributed by atoms with Gasteiger partial charge in [-0.25, -0.2) is 17.6 Å². The van der Waals surface area contributed by atoms with Crippen LogP contribution >= 0.6 is 0 Å². The number of halogens is 4. The van der Waals surface area contributed by atoms with Crippen molar-refractivity contribution >= 4 is 0 Å². The highest BCUT2D eigenvalue weighted by Gasteiger charge is 2.11. The van der Waals surface area contributed by atoms with Crippen LogP contribution in [0.2, 0.25) is 0 Å². The van der Waals surface area contributed by atoms with E-state index in [0.29, 0.717) is 6.42 Å². The second kappa shape index (κ2) is 11.4. The van der Waals surface area contributed by atoms with Crippen LogP contribution in [0, 0.1) is 47.0 Å². The lowest BCUT2D eigenvalue weighted by Gasteiger charge is -2.05. The van der Waals surface area contributed by atoms with Gasteiger partial charge in [-0.05, 0) is 61.2 Å². The van der Waals surface area contributed by atoms with E-state index in [1.807, 2.05) is 31.2 Å². The summed E-state index contributed by atoms with van der Waals surface area (Å²) in [6, 6.07) is 12.1. The minimum Gasteiger partial charge on any atom is -0.207 e. The van der Waals surface area contributed by atoms with Crippen LogP contribution in [-0.2, 0) is 12.8 Å². The van der Waals surface area contributed by atoms with E-state index >= 15 is 0 Å². The maximum absolute atomic E-state index is 14.5. The van der Waals surface area contributed by atoms with Gasteiger partial charge in [0.05, 0.1) is 5.56 Å². The molecule has 0 nitrogen and oxygen atoms in total. The van der Waals surface area contributed by atoms with Crippen molar-refractivity contribution in [2.45, 2.75) is 46.0 Å². The molecular weight excluding hydrogens is 424 g/mol. The monoisotopic (exact) mass is 448 g/mol. The molecule has 0 aliphatic carbocycles. The second-order valence-corrected chi connectivity index (χ2v) is 7.78. The first-order valence-corrected chi connectivity index (χ1v) is 11.0. The highest BCUT2D eigenvalue weighted by atomic mass is 19.1. The molecule has 4 heteroatoms. The summed E-state index contributed by atoms with van der Waals surface area (Å²) in [4.78, 5) is 0. The summed E-state index contributed by atoms with van der Waals surface area (Å²) in [5, 5.41) is 0. The predicted octanol–water partition coefficient (Wildman–Crippen LogP) is 7.34. The van der Waals surface area contributed by atoms with E-state index in [1.165, 1.54) is 5.56 Å². The van der Waals surface area contributed by atoms with E-state index in [1.54, 1.807) is 0 Å². The molecule has 0 aromatic heterocycles. The maximum atomic E-state index is 14.5. The molecule has 168 valence electrons. The number of unbranched alkanes of at least 4 members (excludes halogenated alkanes) is 1. The molecule has 0 N–H and O–H groups in total. The molecule has 0 unspecified atom stereocenters. The molecule has 3 aromatic carbocycles. The van der Waals surface area contributed by atoms with Gasteiger partial charge in [-0.3, -0.25) is 0 Å². The molecule has 0 saturated carbocycles. The molecule has 0 heterocycles. The fraction of sp³-hybridized carbons (Fsp3) is 0.241. The minimum absolute atomic E-state index is 0.00249. The van der Waals surface area contributed by atoms with Gasteiger partial charge in [0, 0.05) is 22.3 Å². The van der Waals surface area contributed by atoms with Gasteiger partial charge in [0.15, 0.2) is 0 Å². The summed E-state index contributed by atoms with van der Waals surface area (Å²) >= 11 is 0. The fourth-order valence-corrected chi connectivity index (χ4v) is 3.35. The quantitative estimate of drug-likeness (QED) is 0.283. The standard InChI is InChI=1S/C29H24F4/c1-3-5-7-24-26(30)18-23(19-27(24)31)14-15-25-28(32)16-22(17-29(25)33)13-12-21-10-8-20(6-4-2)9-11-21/h8-11,16-19H,3-7H2,1-2H3. The highest BCUT2D eigenvalue weighted by molar-refractivity contribution is 5.50. The van der Waals surface area contributed by atoms with Crippen LogP contribution in [-0.4, -0.2) is 0 Å². The molecular formula is C29H24F4. The van der Waals surface area contributed by atoms with Crippen molar-refractivity contribution in [3.63, 3.8) is 0 Å². The number of rotatable bonds is 5. The molecule has 0 atom stereocenters. The van der Waals surface area contributed by atoms with Gasteiger partial charge in [0.1, 0.15) is 23.3 Å². The summed E-state index contributed by atoms with van der Waals surface area (Å²) in [5.74, 6) is 7.27. The Labute approximate surface area is 192 Å². The van der Waals surface area contributed by atoms with Gasteiger partial charge in [-0.15, -0.1) is 0 Å². The summed E-state index contributed by atoms with van der Waals surface area (Å²) in [5.41, 5.74) is 1.66. The first kappa shape index (κ1) is 24.1. The molecule has 3 aromatic rings. The molecule has 0 radical (unpaired) electrons. The Bertz CT molecular complexity index is 1200. The first-order valence-electron chi connectivity index (χ1n) is 11.0. The lowest BCUT2D eigenvalue weighted by atomic mass is 10.0. The van der Waals surface area contributed by atoms with Crippen LogP contribution in [0.1, 0.15) is 66.5 Å². The zero-order valence-electron chi connectivity index (χ0n) is 18.7. The van der Waals surface area contributed by atoms with Gasteiger partial charge < -0.3 is 0 Å². The van der Waals surface area contributed by atoms with Crippen LogP contribution in [0.5, 0.6) is 0 Å². The van der Waals surface area contributed by atoms with E-state index < -0.39 is 28.8 Å². The Morgan fingerprint density at radius 2 is 1.09 bits per heavy atom. The third-order valence-electron chi connectivity index (χ3n) is 5.14. The van der Waals surface area contributed by atoms with Crippen molar-refractivity contribution in [2.75, 3.05) is 0 Å². The van der Waals surface area contributed by atoms with Crippen molar-refractivity contribution in [3.05, 3.63) is 105 Å². The molecule has 0 saturated heterocycles. The molecule has 0 amide bonds. The van der Waals surface area contributed by atoms with E-state index in [9.17, 15) is 17.6 Å². The number of hydrogen-bond donors (Lipinski definition) is 0. The Kier molecular flexibility index (Phi) is 8.34. The van der Waals surface area contributed by atoms with Gasteiger partial charge in [0.2, 0.25) is 0 Å². The maximum Gasteiger partial charge on any atom is 0.143 e. The summed E-state index contributed by atoms with van der Waals surface area (Å²) in [7, 11) is 0. The smallest absolute Gasteiger partial charge is 0.143 e. The lowest BCUT2D eigenvalue weighted by Crippen LogP contribution is -1.97. The predicted molar refractivity (Wildman–Crippen MR) is 124 cm³/mol. The highest BCUT2D eigenvalue weighted by Crippen LogP contribution is 2.19.